The average molecular weight is 491 g/mol. The lowest BCUT2D eigenvalue weighted by molar-refractivity contribution is 0.262. The minimum Gasteiger partial charge on any atom is -0.491 e. The second-order valence-corrected chi connectivity index (χ2v) is 10.3. The van der Waals surface area contributed by atoms with Crippen LogP contribution in [0.2, 0.25) is 0 Å². The van der Waals surface area contributed by atoms with Crippen molar-refractivity contribution in [3.63, 3.8) is 0 Å². The highest BCUT2D eigenvalue weighted by atomic mass is 16.6. The largest absolute Gasteiger partial charge is 0.491 e. The van der Waals surface area contributed by atoms with Crippen molar-refractivity contribution in [2.45, 2.75) is 32.5 Å². The summed E-state index contributed by atoms with van der Waals surface area (Å²) in [6, 6.07) is 26.5. The second kappa shape index (κ2) is 9.05. The minimum atomic E-state index is 0.244. The molecular weight excluding hydrogens is 460 g/mol. The number of benzene rings is 4. The molecule has 0 bridgehead atoms. The van der Waals surface area contributed by atoms with Crippen LogP contribution in [0.5, 0.6) is 11.5 Å². The summed E-state index contributed by atoms with van der Waals surface area (Å²) >= 11 is 0. The van der Waals surface area contributed by atoms with E-state index in [1.807, 2.05) is 0 Å². The Labute approximate surface area is 217 Å². The van der Waals surface area contributed by atoms with E-state index in [-0.39, 0.29) is 12.2 Å². The first-order valence-corrected chi connectivity index (χ1v) is 13.1. The molecule has 4 aromatic carbocycles. The molecule has 0 N–H and O–H groups in total. The molecule has 2 aliphatic heterocycles. The summed E-state index contributed by atoms with van der Waals surface area (Å²) in [5.74, 6) is 1.85. The highest BCUT2D eigenvalue weighted by molar-refractivity contribution is 5.94. The Bertz CT molecular complexity index is 1500. The summed E-state index contributed by atoms with van der Waals surface area (Å²) < 4.78 is 22.7. The van der Waals surface area contributed by atoms with Gasteiger partial charge in [-0.25, -0.2) is 0 Å². The molecule has 4 heteroatoms. The lowest BCUT2D eigenvalue weighted by Crippen LogP contribution is -2.05. The van der Waals surface area contributed by atoms with Gasteiger partial charge in [-0.15, -0.1) is 0 Å². The Morgan fingerprint density at radius 3 is 1.92 bits per heavy atom. The molecule has 4 aromatic rings. The molecule has 1 aliphatic carbocycles. The molecule has 3 aliphatic rings. The van der Waals surface area contributed by atoms with Crippen LogP contribution < -0.4 is 9.47 Å². The van der Waals surface area contributed by atoms with Gasteiger partial charge in [0.05, 0.1) is 13.2 Å². The monoisotopic (exact) mass is 490 g/mol. The highest BCUT2D eigenvalue weighted by Crippen LogP contribution is 2.46. The molecule has 7 rings (SSSR count). The molecule has 2 saturated heterocycles. The van der Waals surface area contributed by atoms with Crippen molar-refractivity contribution in [1.29, 1.82) is 0 Å². The minimum absolute atomic E-state index is 0.244. The van der Waals surface area contributed by atoms with Gasteiger partial charge in [-0.05, 0) is 100 Å². The summed E-state index contributed by atoms with van der Waals surface area (Å²) in [5.41, 5.74) is 12.7. The Morgan fingerprint density at radius 1 is 0.676 bits per heavy atom. The maximum Gasteiger partial charge on any atom is 0.122 e. The molecule has 0 radical (unpaired) electrons. The molecule has 2 unspecified atom stereocenters. The van der Waals surface area contributed by atoms with Crippen LogP contribution in [0, 0.1) is 13.8 Å². The van der Waals surface area contributed by atoms with Gasteiger partial charge in [0.1, 0.15) is 36.9 Å². The van der Waals surface area contributed by atoms with Gasteiger partial charge in [0.2, 0.25) is 0 Å². The van der Waals surface area contributed by atoms with Gasteiger partial charge in [0, 0.05) is 0 Å². The van der Waals surface area contributed by atoms with E-state index in [0.717, 1.165) is 42.3 Å². The number of hydrogen-bond donors (Lipinski definition) is 0. The van der Waals surface area contributed by atoms with Crippen molar-refractivity contribution in [2.75, 3.05) is 26.4 Å². The maximum atomic E-state index is 6.04. The Morgan fingerprint density at radius 2 is 1.27 bits per heavy atom. The third-order valence-electron chi connectivity index (χ3n) is 7.59. The molecule has 0 spiro atoms. The van der Waals surface area contributed by atoms with Crippen LogP contribution in [0.1, 0.15) is 22.3 Å². The number of ether oxygens (including phenoxy) is 4. The van der Waals surface area contributed by atoms with E-state index in [1.54, 1.807) is 0 Å². The summed E-state index contributed by atoms with van der Waals surface area (Å²) in [6.45, 7) is 7.08. The van der Waals surface area contributed by atoms with Gasteiger partial charge in [-0.2, -0.15) is 0 Å². The summed E-state index contributed by atoms with van der Waals surface area (Å²) in [7, 11) is 0. The van der Waals surface area contributed by atoms with Gasteiger partial charge in [0.25, 0.3) is 0 Å². The van der Waals surface area contributed by atoms with Crippen molar-refractivity contribution in [2.24, 2.45) is 0 Å². The fourth-order valence-electron chi connectivity index (χ4n) is 5.42. The van der Waals surface area contributed by atoms with Crippen LogP contribution in [0.15, 0.2) is 72.8 Å². The molecule has 0 amide bonds. The Hall–Kier alpha value is -3.60. The third-order valence-corrected chi connectivity index (χ3v) is 7.59. The van der Waals surface area contributed by atoms with Crippen LogP contribution in [0.3, 0.4) is 0 Å². The van der Waals surface area contributed by atoms with E-state index in [9.17, 15) is 0 Å². The standard InChI is InChI=1S/C33H30O4/c1-20-13-23(7-11-31(20)36-18-25-16-34-25)28-9-10-29-27-6-4-3-5-22(27)15-30(29)33(28)24-8-12-32(21(2)14-24)37-19-26-17-35-26/h3-14,25-26H,15-19H2,1-2H3. The zero-order valence-corrected chi connectivity index (χ0v) is 21.3. The fraction of sp³-hybridized carbons (Fsp3) is 0.273. The molecule has 2 heterocycles. The lowest BCUT2D eigenvalue weighted by Gasteiger charge is -2.18. The summed E-state index contributed by atoms with van der Waals surface area (Å²) in [5, 5.41) is 0. The second-order valence-electron chi connectivity index (χ2n) is 10.3. The quantitative estimate of drug-likeness (QED) is 0.225. The van der Waals surface area contributed by atoms with E-state index in [0.29, 0.717) is 13.2 Å². The van der Waals surface area contributed by atoms with E-state index in [1.165, 1.54) is 44.5 Å². The predicted molar refractivity (Wildman–Crippen MR) is 145 cm³/mol. The molecule has 2 atom stereocenters. The van der Waals surface area contributed by atoms with E-state index >= 15 is 0 Å². The predicted octanol–water partition coefficient (Wildman–Crippen LogP) is 6.76. The fourth-order valence-corrected chi connectivity index (χ4v) is 5.42. The van der Waals surface area contributed by atoms with E-state index in [4.69, 9.17) is 18.9 Å². The zero-order valence-electron chi connectivity index (χ0n) is 21.3. The van der Waals surface area contributed by atoms with Crippen molar-refractivity contribution in [3.05, 3.63) is 95.1 Å². The maximum absolute atomic E-state index is 6.04. The number of rotatable bonds is 8. The molecular formula is C33H30O4. The van der Waals surface area contributed by atoms with Gasteiger partial charge in [-0.3, -0.25) is 0 Å². The molecule has 37 heavy (non-hydrogen) atoms. The first-order valence-electron chi connectivity index (χ1n) is 13.1. The lowest BCUT2D eigenvalue weighted by atomic mass is 9.87. The van der Waals surface area contributed by atoms with E-state index < -0.39 is 0 Å². The Kier molecular flexibility index (Phi) is 5.53. The van der Waals surface area contributed by atoms with Crippen LogP contribution in [-0.2, 0) is 15.9 Å². The SMILES string of the molecule is Cc1cc(-c2ccc3c(c2-c2ccc(OCC4CO4)c(C)c2)Cc2ccccc2-3)ccc1OCC1CO1. The molecule has 186 valence electrons. The van der Waals surface area contributed by atoms with Crippen molar-refractivity contribution in [1.82, 2.24) is 0 Å². The third kappa shape index (κ3) is 4.41. The van der Waals surface area contributed by atoms with E-state index in [2.05, 4.69) is 86.6 Å². The topological polar surface area (TPSA) is 43.5 Å². The number of aryl methyl sites for hydroxylation is 2. The average Bonchev–Trinajstić information content (AvgIpc) is 3.84. The smallest absolute Gasteiger partial charge is 0.122 e. The number of hydrogen-bond acceptors (Lipinski definition) is 4. The van der Waals surface area contributed by atoms with Crippen molar-refractivity contribution >= 4 is 0 Å². The van der Waals surface area contributed by atoms with Crippen LogP contribution in [0.25, 0.3) is 33.4 Å². The Balaban J connectivity index is 1.31. The molecule has 0 aromatic heterocycles. The van der Waals surface area contributed by atoms with Crippen molar-refractivity contribution < 1.29 is 18.9 Å². The molecule has 4 nitrogen and oxygen atoms in total. The summed E-state index contributed by atoms with van der Waals surface area (Å²) in [4.78, 5) is 0. The van der Waals surface area contributed by atoms with Crippen LogP contribution in [-0.4, -0.2) is 38.6 Å². The van der Waals surface area contributed by atoms with Gasteiger partial charge in [-0.1, -0.05) is 48.5 Å². The van der Waals surface area contributed by atoms with Crippen LogP contribution >= 0.6 is 0 Å². The van der Waals surface area contributed by atoms with Gasteiger partial charge in [0.15, 0.2) is 0 Å². The van der Waals surface area contributed by atoms with Crippen molar-refractivity contribution in [3.8, 4) is 44.9 Å². The first kappa shape index (κ1) is 22.6. The normalized spacial score (nSPS) is 18.8. The molecule has 0 saturated carbocycles. The van der Waals surface area contributed by atoms with Gasteiger partial charge >= 0.3 is 0 Å². The highest BCUT2D eigenvalue weighted by Gasteiger charge is 2.26. The molecule has 2 fully saturated rings. The van der Waals surface area contributed by atoms with Gasteiger partial charge < -0.3 is 18.9 Å². The zero-order chi connectivity index (χ0) is 24.9. The van der Waals surface area contributed by atoms with Crippen LogP contribution in [0.4, 0.5) is 0 Å². The number of epoxide rings is 2. The number of fused-ring (bicyclic) bond motifs is 3. The first-order chi connectivity index (χ1) is 18.1. The summed E-state index contributed by atoms with van der Waals surface area (Å²) in [6.07, 6.45) is 1.43.